The van der Waals surface area contributed by atoms with Crippen LogP contribution >= 0.6 is 0 Å². The first-order valence-electron chi connectivity index (χ1n) is 9.51. The van der Waals surface area contributed by atoms with Crippen LogP contribution in [0.15, 0.2) is 48.8 Å². The summed E-state index contributed by atoms with van der Waals surface area (Å²) in [7, 11) is 3.27. The molecule has 8 heteroatoms. The molecule has 0 saturated carbocycles. The maximum absolute atomic E-state index is 12.9. The van der Waals surface area contributed by atoms with Crippen LogP contribution in [0, 0.1) is 5.92 Å². The number of benzene rings is 2. The van der Waals surface area contributed by atoms with Gasteiger partial charge in [-0.3, -0.25) is 4.79 Å². The van der Waals surface area contributed by atoms with Crippen LogP contribution in [0.25, 0.3) is 5.69 Å². The quantitative estimate of drug-likeness (QED) is 0.640. The fourth-order valence-electron chi connectivity index (χ4n) is 3.74. The Morgan fingerprint density at radius 3 is 2.59 bits per heavy atom. The lowest BCUT2D eigenvalue weighted by Gasteiger charge is -2.17. The van der Waals surface area contributed by atoms with E-state index in [-0.39, 0.29) is 5.91 Å². The van der Waals surface area contributed by atoms with Gasteiger partial charge in [0.2, 0.25) is 0 Å². The summed E-state index contributed by atoms with van der Waals surface area (Å²) >= 11 is 0. The summed E-state index contributed by atoms with van der Waals surface area (Å²) < 4.78 is 12.3. The molecule has 0 spiro atoms. The minimum Gasteiger partial charge on any atom is -0.493 e. The summed E-state index contributed by atoms with van der Waals surface area (Å²) in [6.07, 6.45) is 3.42. The number of carbonyl (C=O) groups is 1. The average Bonchev–Trinajstić information content (AvgIpc) is 3.46. The smallest absolute Gasteiger partial charge is 0.253 e. The first kappa shape index (κ1) is 18.9. The molecule has 0 bridgehead atoms. The van der Waals surface area contributed by atoms with E-state index in [1.54, 1.807) is 18.9 Å². The summed E-state index contributed by atoms with van der Waals surface area (Å²) in [6, 6.07) is 13.3. The van der Waals surface area contributed by atoms with Gasteiger partial charge in [-0.2, -0.15) is 0 Å². The monoisotopic (exact) mass is 393 g/mol. The fraction of sp³-hybridized carbons (Fsp3) is 0.333. The molecule has 1 aliphatic rings. The van der Waals surface area contributed by atoms with Gasteiger partial charge in [0, 0.05) is 18.7 Å². The van der Waals surface area contributed by atoms with Crippen molar-refractivity contribution in [2.75, 3.05) is 27.3 Å². The molecular formula is C21H23N5O3. The van der Waals surface area contributed by atoms with Gasteiger partial charge in [0.15, 0.2) is 11.5 Å². The van der Waals surface area contributed by atoms with Crippen molar-refractivity contribution in [3.63, 3.8) is 0 Å². The van der Waals surface area contributed by atoms with E-state index >= 15 is 0 Å². The molecule has 0 N–H and O–H groups in total. The van der Waals surface area contributed by atoms with Crippen molar-refractivity contribution in [2.24, 2.45) is 5.92 Å². The number of methoxy groups -OCH3 is 2. The zero-order valence-corrected chi connectivity index (χ0v) is 16.5. The highest BCUT2D eigenvalue weighted by Crippen LogP contribution is 2.30. The standard InChI is InChI=1S/C21H23N5O3/c1-28-19-8-3-15(12-20(19)29-2)11-16-9-10-25(13-16)21(27)17-4-6-18(7-5-17)26-14-22-23-24-26/h3-8,12,14,16H,9-11,13H2,1-2H3. The topological polar surface area (TPSA) is 82.4 Å². The van der Waals surface area contributed by atoms with Crippen LogP contribution in [0.4, 0.5) is 0 Å². The Morgan fingerprint density at radius 1 is 1.10 bits per heavy atom. The van der Waals surface area contributed by atoms with Crippen molar-refractivity contribution in [1.82, 2.24) is 25.1 Å². The maximum atomic E-state index is 12.9. The number of tetrazole rings is 1. The lowest BCUT2D eigenvalue weighted by Crippen LogP contribution is -2.28. The number of likely N-dealkylation sites (tertiary alicyclic amines) is 1. The zero-order chi connectivity index (χ0) is 20.2. The lowest BCUT2D eigenvalue weighted by atomic mass is 9.98. The Kier molecular flexibility index (Phi) is 5.41. The van der Waals surface area contributed by atoms with Crippen LogP contribution < -0.4 is 9.47 Å². The molecule has 1 unspecified atom stereocenters. The molecule has 29 heavy (non-hydrogen) atoms. The second kappa shape index (κ2) is 8.30. The minimum absolute atomic E-state index is 0.0584. The van der Waals surface area contributed by atoms with E-state index < -0.39 is 0 Å². The normalized spacial score (nSPS) is 16.1. The van der Waals surface area contributed by atoms with Crippen LogP contribution in [0.1, 0.15) is 22.3 Å². The van der Waals surface area contributed by atoms with Gasteiger partial charge in [-0.25, -0.2) is 4.68 Å². The molecule has 1 saturated heterocycles. The van der Waals surface area contributed by atoms with E-state index in [9.17, 15) is 4.79 Å². The van der Waals surface area contributed by atoms with Crippen molar-refractivity contribution < 1.29 is 14.3 Å². The summed E-state index contributed by atoms with van der Waals surface area (Å²) in [5, 5.41) is 11.1. The highest BCUT2D eigenvalue weighted by Gasteiger charge is 2.27. The Balaban J connectivity index is 1.38. The number of amides is 1. The molecule has 2 aromatic carbocycles. The van der Waals surface area contributed by atoms with Gasteiger partial charge in [-0.05, 0) is 71.1 Å². The van der Waals surface area contributed by atoms with E-state index in [1.807, 2.05) is 41.3 Å². The van der Waals surface area contributed by atoms with Crippen molar-refractivity contribution >= 4 is 5.91 Å². The summed E-state index contributed by atoms with van der Waals surface area (Å²) in [4.78, 5) is 14.8. The number of aromatic nitrogens is 4. The third-order valence-corrected chi connectivity index (χ3v) is 5.27. The molecule has 0 aliphatic carbocycles. The van der Waals surface area contributed by atoms with E-state index in [1.165, 1.54) is 11.9 Å². The molecule has 1 aromatic heterocycles. The molecule has 4 rings (SSSR count). The maximum Gasteiger partial charge on any atom is 0.253 e. The predicted octanol–water partition coefficient (Wildman–Crippen LogP) is 2.38. The van der Waals surface area contributed by atoms with Crippen LogP contribution in [0.3, 0.4) is 0 Å². The van der Waals surface area contributed by atoms with Gasteiger partial charge < -0.3 is 14.4 Å². The molecule has 1 aliphatic heterocycles. The van der Waals surface area contributed by atoms with Crippen LogP contribution in [0.5, 0.6) is 11.5 Å². The van der Waals surface area contributed by atoms with E-state index in [2.05, 4.69) is 21.6 Å². The van der Waals surface area contributed by atoms with Gasteiger partial charge in [0.1, 0.15) is 6.33 Å². The Hall–Kier alpha value is -3.42. The molecule has 1 fully saturated rings. The predicted molar refractivity (Wildman–Crippen MR) is 106 cm³/mol. The SMILES string of the molecule is COc1ccc(CC2CCN(C(=O)c3ccc(-n4cnnn4)cc3)C2)cc1OC. The highest BCUT2D eigenvalue weighted by molar-refractivity contribution is 5.94. The van der Waals surface area contributed by atoms with Crippen LogP contribution in [-0.4, -0.2) is 58.3 Å². The van der Waals surface area contributed by atoms with Crippen LogP contribution in [-0.2, 0) is 6.42 Å². The lowest BCUT2D eigenvalue weighted by molar-refractivity contribution is 0.0787. The minimum atomic E-state index is 0.0584. The van der Waals surface area contributed by atoms with Crippen molar-refractivity contribution in [2.45, 2.75) is 12.8 Å². The van der Waals surface area contributed by atoms with Crippen molar-refractivity contribution in [3.8, 4) is 17.2 Å². The molecule has 150 valence electrons. The number of hydrogen-bond donors (Lipinski definition) is 0. The number of hydrogen-bond acceptors (Lipinski definition) is 6. The molecular weight excluding hydrogens is 370 g/mol. The summed E-state index contributed by atoms with van der Waals surface area (Å²) in [5.74, 6) is 1.95. The first-order chi connectivity index (χ1) is 14.2. The molecule has 3 aromatic rings. The molecule has 2 heterocycles. The molecule has 0 radical (unpaired) electrons. The van der Waals surface area contributed by atoms with Gasteiger partial charge in [-0.15, -0.1) is 5.10 Å². The molecule has 1 amide bonds. The zero-order valence-electron chi connectivity index (χ0n) is 16.5. The van der Waals surface area contributed by atoms with Crippen LogP contribution in [0.2, 0.25) is 0 Å². The second-order valence-corrected chi connectivity index (χ2v) is 7.10. The van der Waals surface area contributed by atoms with Crippen molar-refractivity contribution in [1.29, 1.82) is 0 Å². The third kappa shape index (κ3) is 4.06. The van der Waals surface area contributed by atoms with E-state index in [4.69, 9.17) is 9.47 Å². The fourth-order valence-corrected chi connectivity index (χ4v) is 3.74. The third-order valence-electron chi connectivity index (χ3n) is 5.27. The van der Waals surface area contributed by atoms with Gasteiger partial charge >= 0.3 is 0 Å². The average molecular weight is 393 g/mol. The second-order valence-electron chi connectivity index (χ2n) is 7.10. The van der Waals surface area contributed by atoms with E-state index in [0.29, 0.717) is 11.5 Å². The Bertz CT molecular complexity index is 972. The number of carbonyl (C=O) groups excluding carboxylic acids is 1. The van der Waals surface area contributed by atoms with Gasteiger partial charge in [0.25, 0.3) is 5.91 Å². The largest absolute Gasteiger partial charge is 0.493 e. The molecule has 8 nitrogen and oxygen atoms in total. The van der Waals surface area contributed by atoms with Gasteiger partial charge in [0.05, 0.1) is 19.9 Å². The first-order valence-corrected chi connectivity index (χ1v) is 9.51. The van der Waals surface area contributed by atoms with Gasteiger partial charge in [-0.1, -0.05) is 6.07 Å². The van der Waals surface area contributed by atoms with Crippen molar-refractivity contribution in [3.05, 3.63) is 59.9 Å². The summed E-state index contributed by atoms with van der Waals surface area (Å²) in [5.41, 5.74) is 2.68. The molecule has 1 atom stereocenters. The number of rotatable bonds is 6. The number of nitrogens with zero attached hydrogens (tertiary/aromatic N) is 5. The summed E-state index contributed by atoms with van der Waals surface area (Å²) in [6.45, 7) is 1.52. The number of ether oxygens (including phenoxy) is 2. The highest BCUT2D eigenvalue weighted by atomic mass is 16.5. The Morgan fingerprint density at radius 2 is 1.90 bits per heavy atom. The Labute approximate surface area is 169 Å². The van der Waals surface area contributed by atoms with E-state index in [0.717, 1.165) is 43.1 Å².